The van der Waals surface area contributed by atoms with Crippen LogP contribution in [0.4, 0.5) is 5.69 Å². The summed E-state index contributed by atoms with van der Waals surface area (Å²) in [5, 5.41) is 0.770. The Morgan fingerprint density at radius 2 is 1.67 bits per heavy atom. The van der Waals surface area contributed by atoms with Crippen LogP contribution in [0.2, 0.25) is 5.02 Å². The second-order valence-corrected chi connectivity index (χ2v) is 4.61. The summed E-state index contributed by atoms with van der Waals surface area (Å²) < 4.78 is 0. The summed E-state index contributed by atoms with van der Waals surface area (Å²) in [5.74, 6) is 0. The monoisotopic (exact) mass is 257 g/mol. The molecule has 2 aromatic rings. The van der Waals surface area contributed by atoms with E-state index in [2.05, 4.69) is 36.2 Å². The smallest absolute Gasteiger partial charge is 0.0407 e. The number of anilines is 1. The van der Waals surface area contributed by atoms with Crippen molar-refractivity contribution in [3.63, 3.8) is 0 Å². The Morgan fingerprint density at radius 3 is 2.33 bits per heavy atom. The molecular weight excluding hydrogens is 242 g/mol. The molecular formula is C16H16ClN. The van der Waals surface area contributed by atoms with Crippen LogP contribution in [-0.4, -0.2) is 13.6 Å². The van der Waals surface area contributed by atoms with Gasteiger partial charge in [0.1, 0.15) is 0 Å². The minimum atomic E-state index is 0.770. The fourth-order valence-electron chi connectivity index (χ4n) is 1.71. The summed E-state index contributed by atoms with van der Waals surface area (Å²) in [4.78, 5) is 2.18. The van der Waals surface area contributed by atoms with Crippen molar-refractivity contribution in [1.82, 2.24) is 0 Å². The third kappa shape index (κ3) is 3.64. The maximum atomic E-state index is 5.87. The van der Waals surface area contributed by atoms with Gasteiger partial charge in [0, 0.05) is 24.3 Å². The van der Waals surface area contributed by atoms with Gasteiger partial charge in [-0.2, -0.15) is 0 Å². The lowest BCUT2D eigenvalue weighted by atomic mass is 10.2. The highest BCUT2D eigenvalue weighted by atomic mass is 35.5. The lowest BCUT2D eigenvalue weighted by Crippen LogP contribution is -2.16. The van der Waals surface area contributed by atoms with Crippen molar-refractivity contribution in [2.45, 2.75) is 0 Å². The van der Waals surface area contributed by atoms with E-state index in [1.165, 1.54) is 5.56 Å². The zero-order chi connectivity index (χ0) is 12.8. The Bertz CT molecular complexity index is 502. The summed E-state index contributed by atoms with van der Waals surface area (Å²) >= 11 is 5.87. The van der Waals surface area contributed by atoms with Crippen LogP contribution in [0.25, 0.3) is 6.08 Å². The lowest BCUT2D eigenvalue weighted by Gasteiger charge is -2.17. The normalized spacial score (nSPS) is 10.8. The number of nitrogens with zero attached hydrogens (tertiary/aromatic N) is 1. The van der Waals surface area contributed by atoms with Gasteiger partial charge in [0.25, 0.3) is 0 Å². The number of benzene rings is 2. The summed E-state index contributed by atoms with van der Waals surface area (Å²) in [7, 11) is 2.07. The van der Waals surface area contributed by atoms with Crippen LogP contribution in [0, 0.1) is 0 Å². The summed E-state index contributed by atoms with van der Waals surface area (Å²) in [6, 6.07) is 18.2. The van der Waals surface area contributed by atoms with Gasteiger partial charge in [-0.15, -0.1) is 0 Å². The lowest BCUT2D eigenvalue weighted by molar-refractivity contribution is 1.03. The molecule has 0 saturated carbocycles. The molecule has 0 N–H and O–H groups in total. The minimum Gasteiger partial charge on any atom is -0.371 e. The van der Waals surface area contributed by atoms with E-state index >= 15 is 0 Å². The quantitative estimate of drug-likeness (QED) is 0.780. The van der Waals surface area contributed by atoms with Crippen molar-refractivity contribution in [2.75, 3.05) is 18.5 Å². The highest BCUT2D eigenvalue weighted by Crippen LogP contribution is 2.16. The van der Waals surface area contributed by atoms with E-state index < -0.39 is 0 Å². The molecule has 2 rings (SSSR count). The Morgan fingerprint density at radius 1 is 1.00 bits per heavy atom. The van der Waals surface area contributed by atoms with Gasteiger partial charge >= 0.3 is 0 Å². The average molecular weight is 258 g/mol. The fourth-order valence-corrected chi connectivity index (χ4v) is 1.84. The minimum absolute atomic E-state index is 0.770. The number of rotatable bonds is 4. The van der Waals surface area contributed by atoms with Gasteiger partial charge in [-0.05, 0) is 29.8 Å². The number of hydrogen-bond donors (Lipinski definition) is 0. The molecule has 0 heterocycles. The molecule has 0 radical (unpaired) electrons. The van der Waals surface area contributed by atoms with Crippen molar-refractivity contribution in [2.24, 2.45) is 0 Å². The van der Waals surface area contributed by atoms with Gasteiger partial charge in [0.15, 0.2) is 0 Å². The molecule has 0 aliphatic carbocycles. The first-order chi connectivity index (χ1) is 8.75. The summed E-state index contributed by atoms with van der Waals surface area (Å²) in [6.45, 7) is 0.872. The van der Waals surface area contributed by atoms with Gasteiger partial charge < -0.3 is 4.90 Å². The SMILES string of the molecule is CN(CC=Cc1ccccc1)c1ccc(Cl)cc1. The summed E-state index contributed by atoms with van der Waals surface area (Å²) in [5.41, 5.74) is 2.39. The third-order valence-electron chi connectivity index (χ3n) is 2.76. The van der Waals surface area contributed by atoms with Gasteiger partial charge in [-0.3, -0.25) is 0 Å². The molecule has 0 bridgehead atoms. The maximum Gasteiger partial charge on any atom is 0.0407 e. The number of likely N-dealkylation sites (N-methyl/N-ethyl adjacent to an activating group) is 1. The van der Waals surface area contributed by atoms with Crippen LogP contribution >= 0.6 is 11.6 Å². The van der Waals surface area contributed by atoms with Crippen molar-refractivity contribution in [3.8, 4) is 0 Å². The van der Waals surface area contributed by atoms with Crippen LogP contribution < -0.4 is 4.90 Å². The predicted molar refractivity (Wildman–Crippen MR) is 80.2 cm³/mol. The zero-order valence-electron chi connectivity index (χ0n) is 10.4. The third-order valence-corrected chi connectivity index (χ3v) is 3.01. The van der Waals surface area contributed by atoms with Gasteiger partial charge in [0.2, 0.25) is 0 Å². The van der Waals surface area contributed by atoms with E-state index in [4.69, 9.17) is 11.6 Å². The van der Waals surface area contributed by atoms with Crippen LogP contribution in [-0.2, 0) is 0 Å². The number of hydrogen-bond acceptors (Lipinski definition) is 1. The second-order valence-electron chi connectivity index (χ2n) is 4.17. The fraction of sp³-hybridized carbons (Fsp3) is 0.125. The van der Waals surface area contributed by atoms with Crippen LogP contribution in [0.15, 0.2) is 60.7 Å². The van der Waals surface area contributed by atoms with E-state index in [9.17, 15) is 0 Å². The molecule has 2 aromatic carbocycles. The highest BCUT2D eigenvalue weighted by molar-refractivity contribution is 6.30. The van der Waals surface area contributed by atoms with Gasteiger partial charge in [0.05, 0.1) is 0 Å². The Hall–Kier alpha value is -1.73. The Labute approximate surface area is 113 Å². The molecule has 0 amide bonds. The number of halogens is 1. The molecule has 0 saturated heterocycles. The van der Waals surface area contributed by atoms with Crippen molar-refractivity contribution in [3.05, 3.63) is 71.3 Å². The standard InChI is InChI=1S/C16H16ClN/c1-18(16-11-9-15(17)10-12-16)13-5-8-14-6-3-2-4-7-14/h2-12H,13H2,1H3. The van der Waals surface area contributed by atoms with Crippen molar-refractivity contribution in [1.29, 1.82) is 0 Å². The average Bonchev–Trinajstić information content (AvgIpc) is 2.40. The van der Waals surface area contributed by atoms with E-state index in [-0.39, 0.29) is 0 Å². The zero-order valence-corrected chi connectivity index (χ0v) is 11.1. The molecule has 0 unspecified atom stereocenters. The van der Waals surface area contributed by atoms with Crippen LogP contribution in [0.5, 0.6) is 0 Å². The van der Waals surface area contributed by atoms with E-state index in [1.807, 2.05) is 42.5 Å². The first kappa shape index (κ1) is 12.7. The topological polar surface area (TPSA) is 3.24 Å². The first-order valence-corrected chi connectivity index (χ1v) is 6.32. The van der Waals surface area contributed by atoms with Gasteiger partial charge in [-0.1, -0.05) is 54.1 Å². The highest BCUT2D eigenvalue weighted by Gasteiger charge is 1.97. The molecule has 92 valence electrons. The van der Waals surface area contributed by atoms with Crippen molar-refractivity contribution >= 4 is 23.4 Å². The maximum absolute atomic E-state index is 5.87. The molecule has 0 fully saturated rings. The first-order valence-electron chi connectivity index (χ1n) is 5.94. The van der Waals surface area contributed by atoms with E-state index in [0.29, 0.717) is 0 Å². The molecule has 0 spiro atoms. The van der Waals surface area contributed by atoms with E-state index in [0.717, 1.165) is 17.3 Å². The summed E-state index contributed by atoms with van der Waals surface area (Å²) in [6.07, 6.45) is 4.29. The van der Waals surface area contributed by atoms with E-state index in [1.54, 1.807) is 0 Å². The predicted octanol–water partition coefficient (Wildman–Crippen LogP) is 4.49. The van der Waals surface area contributed by atoms with Crippen molar-refractivity contribution < 1.29 is 0 Å². The Kier molecular flexibility index (Phi) is 4.43. The molecule has 1 nitrogen and oxygen atoms in total. The largest absolute Gasteiger partial charge is 0.371 e. The molecule has 0 aromatic heterocycles. The molecule has 2 heteroatoms. The molecule has 0 aliphatic heterocycles. The van der Waals surface area contributed by atoms with Crippen LogP contribution in [0.3, 0.4) is 0 Å². The molecule has 18 heavy (non-hydrogen) atoms. The second kappa shape index (κ2) is 6.27. The van der Waals surface area contributed by atoms with Gasteiger partial charge in [-0.25, -0.2) is 0 Å². The Balaban J connectivity index is 1.94. The molecule has 0 atom stereocenters. The molecule has 0 aliphatic rings. The van der Waals surface area contributed by atoms with Crippen LogP contribution in [0.1, 0.15) is 5.56 Å².